The van der Waals surface area contributed by atoms with Crippen molar-refractivity contribution in [3.8, 4) is 0 Å². The third-order valence-corrected chi connectivity index (χ3v) is 2.74. The number of fused-ring (bicyclic) bond motifs is 1. The van der Waals surface area contributed by atoms with Crippen LogP contribution in [0.1, 0.15) is 18.9 Å². The van der Waals surface area contributed by atoms with Crippen LogP contribution < -0.4 is 10.6 Å². The van der Waals surface area contributed by atoms with Gasteiger partial charge in [0, 0.05) is 5.69 Å². The van der Waals surface area contributed by atoms with E-state index in [1.807, 2.05) is 25.1 Å². The summed E-state index contributed by atoms with van der Waals surface area (Å²) >= 11 is 0. The van der Waals surface area contributed by atoms with Crippen LogP contribution in [0.25, 0.3) is 0 Å². The molecule has 1 aromatic rings. The topological polar surface area (TPSA) is 41.1 Å². The summed E-state index contributed by atoms with van der Waals surface area (Å²) in [7, 11) is 0. The number of carbonyl (C=O) groups excluding carboxylic acids is 1. The van der Waals surface area contributed by atoms with Gasteiger partial charge in [-0.25, -0.2) is 0 Å². The van der Waals surface area contributed by atoms with E-state index in [1.54, 1.807) is 0 Å². The fraction of sp³-hybridized carbons (Fsp3) is 0.417. The van der Waals surface area contributed by atoms with E-state index in [0.29, 0.717) is 0 Å². The summed E-state index contributed by atoms with van der Waals surface area (Å²) in [5, 5.41) is 6.15. The highest BCUT2D eigenvalue weighted by molar-refractivity contribution is 5.96. The summed E-state index contributed by atoms with van der Waals surface area (Å²) in [5.41, 5.74) is 2.19. The first-order valence-corrected chi connectivity index (χ1v) is 5.43. The van der Waals surface area contributed by atoms with Crippen molar-refractivity contribution < 1.29 is 4.79 Å². The Balaban J connectivity index is 2.19. The zero-order chi connectivity index (χ0) is 10.7. The van der Waals surface area contributed by atoms with E-state index in [9.17, 15) is 4.79 Å². The summed E-state index contributed by atoms with van der Waals surface area (Å²) in [6, 6.07) is 7.94. The molecule has 1 aliphatic heterocycles. The van der Waals surface area contributed by atoms with Crippen LogP contribution in [0, 0.1) is 0 Å². The van der Waals surface area contributed by atoms with Gasteiger partial charge in [-0.3, -0.25) is 4.79 Å². The maximum atomic E-state index is 11.8. The number of aryl methyl sites for hydroxylation is 1. The van der Waals surface area contributed by atoms with Crippen LogP contribution in [-0.4, -0.2) is 18.5 Å². The van der Waals surface area contributed by atoms with Crippen LogP contribution in [0.2, 0.25) is 0 Å². The Bertz CT molecular complexity index is 362. The Kier molecular flexibility index (Phi) is 3.02. The molecule has 3 heteroatoms. The molecular weight excluding hydrogens is 188 g/mol. The minimum Gasteiger partial charge on any atom is -0.324 e. The van der Waals surface area contributed by atoms with Crippen molar-refractivity contribution in [2.75, 3.05) is 11.9 Å². The standard InChI is InChI=1S/C12H16N2O/c1-2-13-11-8-7-9-5-3-4-6-10(9)14-12(11)15/h3-6,11,13H,2,7-8H2,1H3,(H,14,15). The highest BCUT2D eigenvalue weighted by Crippen LogP contribution is 2.21. The second kappa shape index (κ2) is 4.45. The molecule has 1 unspecified atom stereocenters. The summed E-state index contributed by atoms with van der Waals surface area (Å²) in [6.45, 7) is 2.85. The van der Waals surface area contributed by atoms with Gasteiger partial charge in [-0.05, 0) is 31.0 Å². The van der Waals surface area contributed by atoms with Crippen LogP contribution in [0.4, 0.5) is 5.69 Å². The second-order valence-corrected chi connectivity index (χ2v) is 3.80. The van der Waals surface area contributed by atoms with E-state index in [4.69, 9.17) is 0 Å². The highest BCUT2D eigenvalue weighted by Gasteiger charge is 2.21. The molecule has 2 N–H and O–H groups in total. The molecule has 0 saturated heterocycles. The first kappa shape index (κ1) is 10.2. The molecular formula is C12H16N2O. The predicted octanol–water partition coefficient (Wildman–Crippen LogP) is 1.55. The number of amides is 1. The molecule has 1 heterocycles. The first-order valence-electron chi connectivity index (χ1n) is 5.43. The molecule has 0 bridgehead atoms. The Morgan fingerprint density at radius 3 is 3.07 bits per heavy atom. The number of benzene rings is 1. The third-order valence-electron chi connectivity index (χ3n) is 2.74. The smallest absolute Gasteiger partial charge is 0.241 e. The van der Waals surface area contributed by atoms with Crippen LogP contribution in [0.15, 0.2) is 24.3 Å². The van der Waals surface area contributed by atoms with Gasteiger partial charge in [-0.15, -0.1) is 0 Å². The molecule has 0 radical (unpaired) electrons. The van der Waals surface area contributed by atoms with Gasteiger partial charge in [0.2, 0.25) is 5.91 Å². The summed E-state index contributed by atoms with van der Waals surface area (Å²) < 4.78 is 0. The molecule has 0 spiro atoms. The Labute approximate surface area is 89.9 Å². The molecule has 15 heavy (non-hydrogen) atoms. The maximum absolute atomic E-state index is 11.8. The minimum atomic E-state index is -0.0533. The molecule has 80 valence electrons. The maximum Gasteiger partial charge on any atom is 0.241 e. The third kappa shape index (κ3) is 2.18. The van der Waals surface area contributed by atoms with Crippen molar-refractivity contribution in [2.24, 2.45) is 0 Å². The van der Waals surface area contributed by atoms with Crippen molar-refractivity contribution in [1.82, 2.24) is 5.32 Å². The van der Waals surface area contributed by atoms with Crippen LogP contribution in [0.3, 0.4) is 0 Å². The molecule has 2 rings (SSSR count). The first-order chi connectivity index (χ1) is 7.31. The normalized spacial score (nSPS) is 20.3. The van der Waals surface area contributed by atoms with E-state index in [-0.39, 0.29) is 11.9 Å². The molecule has 0 aliphatic carbocycles. The molecule has 0 saturated carbocycles. The van der Waals surface area contributed by atoms with Gasteiger partial charge in [0.25, 0.3) is 0 Å². The van der Waals surface area contributed by atoms with E-state index >= 15 is 0 Å². The number of anilines is 1. The summed E-state index contributed by atoms with van der Waals surface area (Å²) in [4.78, 5) is 11.8. The Hall–Kier alpha value is -1.35. The quantitative estimate of drug-likeness (QED) is 0.767. The highest BCUT2D eigenvalue weighted by atomic mass is 16.2. The van der Waals surface area contributed by atoms with Gasteiger partial charge in [-0.2, -0.15) is 0 Å². The number of rotatable bonds is 2. The van der Waals surface area contributed by atoms with Crippen molar-refractivity contribution in [2.45, 2.75) is 25.8 Å². The lowest BCUT2D eigenvalue weighted by atomic mass is 10.1. The predicted molar refractivity (Wildman–Crippen MR) is 60.9 cm³/mol. The van der Waals surface area contributed by atoms with E-state index in [2.05, 4.69) is 16.7 Å². The van der Waals surface area contributed by atoms with E-state index in [0.717, 1.165) is 25.1 Å². The van der Waals surface area contributed by atoms with Crippen LogP contribution in [-0.2, 0) is 11.2 Å². The average molecular weight is 204 g/mol. The lowest BCUT2D eigenvalue weighted by molar-refractivity contribution is -0.118. The fourth-order valence-corrected chi connectivity index (χ4v) is 1.95. The van der Waals surface area contributed by atoms with E-state index in [1.165, 1.54) is 5.56 Å². The molecule has 1 aliphatic rings. The van der Waals surface area contributed by atoms with Crippen molar-refractivity contribution >= 4 is 11.6 Å². The average Bonchev–Trinajstić information content (AvgIpc) is 2.40. The molecule has 0 fully saturated rings. The zero-order valence-corrected chi connectivity index (χ0v) is 8.92. The number of para-hydroxylation sites is 1. The number of nitrogens with one attached hydrogen (secondary N) is 2. The number of hydrogen-bond acceptors (Lipinski definition) is 2. The lowest BCUT2D eigenvalue weighted by Gasteiger charge is -2.13. The van der Waals surface area contributed by atoms with Gasteiger partial charge in [0.05, 0.1) is 6.04 Å². The van der Waals surface area contributed by atoms with Gasteiger partial charge in [0.15, 0.2) is 0 Å². The van der Waals surface area contributed by atoms with Gasteiger partial charge >= 0.3 is 0 Å². The Morgan fingerprint density at radius 2 is 2.27 bits per heavy atom. The molecule has 1 atom stereocenters. The van der Waals surface area contributed by atoms with Gasteiger partial charge in [0.1, 0.15) is 0 Å². The molecule has 3 nitrogen and oxygen atoms in total. The van der Waals surface area contributed by atoms with Crippen LogP contribution >= 0.6 is 0 Å². The van der Waals surface area contributed by atoms with Gasteiger partial charge < -0.3 is 10.6 Å². The molecule has 1 amide bonds. The monoisotopic (exact) mass is 204 g/mol. The van der Waals surface area contributed by atoms with Crippen LogP contribution in [0.5, 0.6) is 0 Å². The SMILES string of the molecule is CCNC1CCc2ccccc2NC1=O. The second-order valence-electron chi connectivity index (χ2n) is 3.80. The van der Waals surface area contributed by atoms with Crippen molar-refractivity contribution in [3.63, 3.8) is 0 Å². The number of carbonyl (C=O) groups is 1. The van der Waals surface area contributed by atoms with Crippen molar-refractivity contribution in [1.29, 1.82) is 0 Å². The zero-order valence-electron chi connectivity index (χ0n) is 8.92. The Morgan fingerprint density at radius 1 is 1.47 bits per heavy atom. The number of likely N-dealkylation sites (N-methyl/N-ethyl adjacent to an activating group) is 1. The van der Waals surface area contributed by atoms with E-state index < -0.39 is 0 Å². The fourth-order valence-electron chi connectivity index (χ4n) is 1.95. The minimum absolute atomic E-state index is 0.0533. The van der Waals surface area contributed by atoms with Crippen molar-refractivity contribution in [3.05, 3.63) is 29.8 Å². The molecule has 0 aromatic heterocycles. The largest absolute Gasteiger partial charge is 0.324 e. The summed E-state index contributed by atoms with van der Waals surface area (Å²) in [6.07, 6.45) is 1.82. The van der Waals surface area contributed by atoms with Gasteiger partial charge in [-0.1, -0.05) is 25.1 Å². The lowest BCUT2D eigenvalue weighted by Crippen LogP contribution is -2.39. The number of hydrogen-bond donors (Lipinski definition) is 2. The summed E-state index contributed by atoms with van der Waals surface area (Å²) in [5.74, 6) is 0.0850. The molecule has 1 aromatic carbocycles.